The van der Waals surface area contributed by atoms with Gasteiger partial charge < -0.3 is 30.3 Å². The second-order valence-corrected chi connectivity index (χ2v) is 16.0. The molecule has 0 bridgehead atoms. The molecule has 0 aliphatic heterocycles. The van der Waals surface area contributed by atoms with Gasteiger partial charge in [-0.05, 0) is 129 Å². The van der Waals surface area contributed by atoms with E-state index in [2.05, 4.69) is 146 Å². The summed E-state index contributed by atoms with van der Waals surface area (Å²) in [5, 5.41) is 8.90. The van der Waals surface area contributed by atoms with E-state index in [1.54, 1.807) is 0 Å². The average molecular weight is 659 g/mol. The first-order valence-corrected chi connectivity index (χ1v) is 18.2. The van der Waals surface area contributed by atoms with Gasteiger partial charge in [0.15, 0.2) is 0 Å². The summed E-state index contributed by atoms with van der Waals surface area (Å²) < 4.78 is 0. The van der Waals surface area contributed by atoms with Crippen LogP contribution in [0.15, 0.2) is 121 Å². The van der Waals surface area contributed by atoms with Crippen LogP contribution in [0.25, 0.3) is 0 Å². The molecule has 6 aromatic carbocycles. The van der Waals surface area contributed by atoms with Crippen molar-refractivity contribution in [1.82, 2.24) is 0 Å². The van der Waals surface area contributed by atoms with E-state index in [-0.39, 0.29) is 21.7 Å². The number of hydrogen-bond acceptors (Lipinski definition) is 0. The zero-order valence-electron chi connectivity index (χ0n) is 27.9. The summed E-state index contributed by atoms with van der Waals surface area (Å²) in [7, 11) is -1.47. The predicted octanol–water partition coefficient (Wildman–Crippen LogP) is 8.79. The van der Waals surface area contributed by atoms with Crippen LogP contribution in [0, 0.1) is 55.4 Å². The maximum absolute atomic E-state index is 2.43. The van der Waals surface area contributed by atoms with Crippen LogP contribution in [0.4, 0.5) is 0 Å². The number of hydrogen-bond donors (Lipinski definition) is 0. The van der Waals surface area contributed by atoms with Crippen LogP contribution < -0.4 is 31.8 Å². The quantitative estimate of drug-likeness (QED) is 0.0954. The molecule has 0 amide bonds. The Morgan fingerprint density at radius 1 is 0.422 bits per heavy atom. The summed E-state index contributed by atoms with van der Waals surface area (Å²) in [6.45, 7) is 18.2. The summed E-state index contributed by atoms with van der Waals surface area (Å²) in [6, 6.07) is 44.7. The largest absolute Gasteiger partial charge is 0.748 e. The normalized spacial score (nSPS) is 10.9. The van der Waals surface area contributed by atoms with Crippen LogP contribution in [-0.2, 0) is 21.7 Å². The third-order valence-electron chi connectivity index (χ3n) is 9.08. The van der Waals surface area contributed by atoms with Gasteiger partial charge in [-0.3, -0.25) is 0 Å². The van der Waals surface area contributed by atoms with Crippen LogP contribution in [0.5, 0.6) is 0 Å². The average Bonchev–Trinajstić information content (AvgIpc) is 3.74. The van der Waals surface area contributed by atoms with Crippen molar-refractivity contribution >= 4 is 47.7 Å². The first-order chi connectivity index (χ1) is 21.2. The Morgan fingerprint density at radius 2 is 0.756 bits per heavy atom. The third kappa shape index (κ3) is 7.43. The smallest absolute Gasteiger partial charge is 0 e. The molecule has 0 unspecified atom stereocenters. The second kappa shape index (κ2) is 15.6. The molecule has 3 heteroatoms. The van der Waals surface area contributed by atoms with Gasteiger partial charge in [0.2, 0.25) is 0 Å². The molecule has 0 aromatic heterocycles. The molecule has 232 valence electrons. The Bertz CT molecular complexity index is 1620. The SMILES string of the molecule is Cc1cccc(P(c2cccc(C)c2C)c2ccc[c-]2P(c2cccc(C)c2C)c2cccc(C)c2C)c1C.[Ti].[cH-]1[cH-][cH-][cH-][cH-]1. The summed E-state index contributed by atoms with van der Waals surface area (Å²) in [6.07, 6.45) is 0. The number of benzene rings is 4. The van der Waals surface area contributed by atoms with Crippen molar-refractivity contribution in [2.75, 3.05) is 0 Å². The minimum Gasteiger partial charge on any atom is -0.748 e. The third-order valence-corrected chi connectivity index (χ3v) is 14.9. The van der Waals surface area contributed by atoms with E-state index < -0.39 is 15.8 Å². The molecular formula is C42H44P2Ti-6. The summed E-state index contributed by atoms with van der Waals surface area (Å²) in [4.78, 5) is 0. The van der Waals surface area contributed by atoms with Gasteiger partial charge in [0.05, 0.1) is 0 Å². The molecule has 6 aromatic rings. The minimum atomic E-state index is -0.735. The number of aryl methyl sites for hydroxylation is 4. The maximum Gasteiger partial charge on any atom is 0 e. The van der Waals surface area contributed by atoms with E-state index in [1.807, 2.05) is 30.3 Å². The van der Waals surface area contributed by atoms with Crippen molar-refractivity contribution < 1.29 is 21.7 Å². The standard InChI is InChI=1S/C37H39P2.C5H5.Ti/c1-24-14-9-18-32(28(24)5)38(33-19-10-15-25(2)29(33)6)36-22-13-23-37(36)39(34-20-11-16-26(3)30(34)7)35-21-12-17-27(4)31(35)8;1-2-4-5-3-1;/h9-23H,1-8H3;1-5H;/q-1;-5;. The van der Waals surface area contributed by atoms with Gasteiger partial charge in [0.1, 0.15) is 0 Å². The fraction of sp³-hybridized carbons (Fsp3) is 0.190. The first-order valence-electron chi connectivity index (χ1n) is 15.5. The molecule has 0 aliphatic carbocycles. The molecule has 0 heterocycles. The predicted molar refractivity (Wildman–Crippen MR) is 199 cm³/mol. The molecule has 0 N–H and O–H groups in total. The van der Waals surface area contributed by atoms with E-state index in [0.29, 0.717) is 0 Å². The van der Waals surface area contributed by atoms with Gasteiger partial charge in [0.25, 0.3) is 0 Å². The summed E-state index contributed by atoms with van der Waals surface area (Å²) in [5.41, 5.74) is 11.1. The Labute approximate surface area is 289 Å². The van der Waals surface area contributed by atoms with Crippen molar-refractivity contribution in [3.63, 3.8) is 0 Å². The van der Waals surface area contributed by atoms with Gasteiger partial charge in [0, 0.05) is 21.7 Å². The van der Waals surface area contributed by atoms with Crippen LogP contribution in [0.2, 0.25) is 0 Å². The molecule has 0 atom stereocenters. The molecule has 0 radical (unpaired) electrons. The monoisotopic (exact) mass is 658 g/mol. The zero-order chi connectivity index (χ0) is 31.4. The fourth-order valence-corrected chi connectivity index (χ4v) is 12.0. The maximum atomic E-state index is 2.43. The summed E-state index contributed by atoms with van der Waals surface area (Å²) >= 11 is 0. The van der Waals surface area contributed by atoms with E-state index >= 15 is 0 Å². The summed E-state index contributed by atoms with van der Waals surface area (Å²) in [5.74, 6) is 0. The number of rotatable bonds is 6. The van der Waals surface area contributed by atoms with Crippen LogP contribution in [-0.4, -0.2) is 0 Å². The van der Waals surface area contributed by atoms with Gasteiger partial charge in [-0.25, -0.2) is 12.1 Å². The van der Waals surface area contributed by atoms with Gasteiger partial charge in [-0.15, -0.1) is 10.6 Å². The van der Waals surface area contributed by atoms with Gasteiger partial charge in [-0.1, -0.05) is 80.7 Å². The van der Waals surface area contributed by atoms with E-state index in [4.69, 9.17) is 0 Å². The molecule has 0 spiro atoms. The Kier molecular flexibility index (Phi) is 12.2. The molecule has 6 rings (SSSR count). The molecule has 0 saturated heterocycles. The van der Waals surface area contributed by atoms with Crippen LogP contribution in [0.3, 0.4) is 0 Å². The van der Waals surface area contributed by atoms with E-state index in [9.17, 15) is 0 Å². The first kappa shape index (κ1) is 35.0. The van der Waals surface area contributed by atoms with Crippen LogP contribution >= 0.6 is 15.8 Å². The zero-order valence-corrected chi connectivity index (χ0v) is 31.3. The Hall–Kier alpha value is -2.85. The minimum absolute atomic E-state index is 0. The fourth-order valence-electron chi connectivity index (χ4n) is 5.79. The van der Waals surface area contributed by atoms with E-state index in [0.717, 1.165) is 0 Å². The van der Waals surface area contributed by atoms with Gasteiger partial charge in [-0.2, -0.15) is 6.07 Å². The second-order valence-electron chi connectivity index (χ2n) is 11.8. The Morgan fingerprint density at radius 3 is 1.13 bits per heavy atom. The van der Waals surface area contributed by atoms with Crippen molar-refractivity contribution in [2.45, 2.75) is 55.4 Å². The molecule has 45 heavy (non-hydrogen) atoms. The van der Waals surface area contributed by atoms with E-state index in [1.165, 1.54) is 76.3 Å². The van der Waals surface area contributed by atoms with Crippen molar-refractivity contribution in [2.24, 2.45) is 0 Å². The Balaban J connectivity index is 0.000000700. The molecule has 0 nitrogen and oxygen atoms in total. The topological polar surface area (TPSA) is 0 Å². The van der Waals surface area contributed by atoms with Crippen LogP contribution in [0.1, 0.15) is 44.5 Å². The van der Waals surface area contributed by atoms with Crippen molar-refractivity contribution in [3.05, 3.63) is 166 Å². The molecule has 0 saturated carbocycles. The molecule has 0 fully saturated rings. The van der Waals surface area contributed by atoms with Crippen molar-refractivity contribution in [1.29, 1.82) is 0 Å². The molecule has 0 aliphatic rings. The van der Waals surface area contributed by atoms with Crippen molar-refractivity contribution in [3.8, 4) is 0 Å². The van der Waals surface area contributed by atoms with Gasteiger partial charge >= 0.3 is 0 Å². The molecular weight excluding hydrogens is 614 g/mol.